The fourth-order valence-electron chi connectivity index (χ4n) is 2.44. The van der Waals surface area contributed by atoms with Crippen LogP contribution in [0.15, 0.2) is 0 Å². The summed E-state index contributed by atoms with van der Waals surface area (Å²) in [6.07, 6.45) is 2.85. The molecule has 0 heterocycles. The molecule has 1 saturated carbocycles. The first-order chi connectivity index (χ1) is 8.41. The van der Waals surface area contributed by atoms with E-state index in [9.17, 15) is 14.7 Å². The molecule has 0 radical (unpaired) electrons. The summed E-state index contributed by atoms with van der Waals surface area (Å²) in [5.41, 5.74) is 0. The summed E-state index contributed by atoms with van der Waals surface area (Å²) in [5.74, 6) is -1.32. The van der Waals surface area contributed by atoms with Crippen molar-refractivity contribution in [2.75, 3.05) is 13.6 Å². The van der Waals surface area contributed by atoms with Crippen molar-refractivity contribution in [3.05, 3.63) is 0 Å². The smallest absolute Gasteiger partial charge is 0.306 e. The van der Waals surface area contributed by atoms with Gasteiger partial charge >= 0.3 is 5.97 Å². The molecule has 0 saturated heterocycles. The van der Waals surface area contributed by atoms with E-state index >= 15 is 0 Å². The Balaban J connectivity index is 2.47. The Morgan fingerprint density at radius 2 is 1.94 bits per heavy atom. The maximum atomic E-state index is 12.1. The van der Waals surface area contributed by atoms with Crippen molar-refractivity contribution in [3.63, 3.8) is 0 Å². The lowest BCUT2D eigenvalue weighted by atomic mass is 9.81. The van der Waals surface area contributed by atoms with E-state index in [-0.39, 0.29) is 17.7 Å². The Morgan fingerprint density at radius 3 is 2.50 bits per heavy atom. The summed E-state index contributed by atoms with van der Waals surface area (Å²) < 4.78 is 0. The van der Waals surface area contributed by atoms with Crippen LogP contribution in [0.5, 0.6) is 0 Å². The topological polar surface area (TPSA) is 77.8 Å². The van der Waals surface area contributed by atoms with E-state index in [1.807, 2.05) is 0 Å². The highest BCUT2D eigenvalue weighted by atomic mass is 16.4. The second-order valence-corrected chi connectivity index (χ2v) is 5.30. The maximum absolute atomic E-state index is 12.1. The van der Waals surface area contributed by atoms with Crippen molar-refractivity contribution in [2.45, 2.75) is 45.1 Å². The van der Waals surface area contributed by atoms with Gasteiger partial charge in [0.15, 0.2) is 0 Å². The molecule has 1 amide bonds. The molecule has 3 unspecified atom stereocenters. The van der Waals surface area contributed by atoms with Crippen molar-refractivity contribution >= 4 is 11.9 Å². The molecule has 1 rings (SSSR count). The van der Waals surface area contributed by atoms with Crippen LogP contribution in [-0.2, 0) is 9.59 Å². The molecular formula is C13H23NO4. The van der Waals surface area contributed by atoms with Crippen LogP contribution in [0.3, 0.4) is 0 Å². The van der Waals surface area contributed by atoms with Crippen molar-refractivity contribution in [3.8, 4) is 0 Å². The van der Waals surface area contributed by atoms with Crippen LogP contribution in [0.25, 0.3) is 0 Å². The fourth-order valence-corrected chi connectivity index (χ4v) is 2.44. The first-order valence-corrected chi connectivity index (χ1v) is 6.57. The average Bonchev–Trinajstić information content (AvgIpc) is 2.35. The molecule has 0 bridgehead atoms. The van der Waals surface area contributed by atoms with E-state index in [2.05, 4.69) is 0 Å². The molecule has 3 atom stereocenters. The quantitative estimate of drug-likeness (QED) is 0.773. The third kappa shape index (κ3) is 4.29. The number of hydrogen-bond donors (Lipinski definition) is 2. The number of amides is 1. The standard InChI is InChI=1S/C13H23NO4/c1-9(15)6-7-14(2)12(16)10-4-3-5-11(8-10)13(17)18/h9-11,15H,3-8H2,1-2H3,(H,17,18). The van der Waals surface area contributed by atoms with Gasteiger partial charge in [0.2, 0.25) is 5.91 Å². The lowest BCUT2D eigenvalue weighted by molar-refractivity contribution is -0.145. The number of carboxylic acid groups (broad SMARTS) is 1. The molecular weight excluding hydrogens is 234 g/mol. The van der Waals surface area contributed by atoms with E-state index in [1.165, 1.54) is 0 Å². The van der Waals surface area contributed by atoms with Crippen LogP contribution in [0, 0.1) is 11.8 Å². The Bertz CT molecular complexity index is 303. The zero-order valence-corrected chi connectivity index (χ0v) is 11.1. The van der Waals surface area contributed by atoms with Crippen LogP contribution < -0.4 is 0 Å². The first-order valence-electron chi connectivity index (χ1n) is 6.57. The predicted octanol–water partition coefficient (Wildman–Crippen LogP) is 1.11. The van der Waals surface area contributed by atoms with Gasteiger partial charge in [-0.05, 0) is 32.6 Å². The Morgan fingerprint density at radius 1 is 1.33 bits per heavy atom. The molecule has 0 aromatic heterocycles. The molecule has 18 heavy (non-hydrogen) atoms. The predicted molar refractivity (Wildman–Crippen MR) is 67.0 cm³/mol. The SMILES string of the molecule is CC(O)CCN(C)C(=O)C1CCCC(C(=O)O)C1. The summed E-state index contributed by atoms with van der Waals surface area (Å²) in [5, 5.41) is 18.2. The van der Waals surface area contributed by atoms with Crippen LogP contribution >= 0.6 is 0 Å². The van der Waals surface area contributed by atoms with Crippen LogP contribution in [0.4, 0.5) is 0 Å². The van der Waals surface area contributed by atoms with Crippen LogP contribution in [-0.4, -0.2) is 46.7 Å². The number of aliphatic hydroxyl groups is 1. The first kappa shape index (κ1) is 15.0. The number of carbonyl (C=O) groups is 2. The number of aliphatic carboxylic acids is 1. The average molecular weight is 257 g/mol. The van der Waals surface area contributed by atoms with E-state index in [0.29, 0.717) is 25.8 Å². The normalized spacial score (nSPS) is 25.5. The van der Waals surface area contributed by atoms with Crippen molar-refractivity contribution in [1.82, 2.24) is 4.90 Å². The zero-order chi connectivity index (χ0) is 13.7. The van der Waals surface area contributed by atoms with E-state index in [0.717, 1.165) is 12.8 Å². The lowest BCUT2D eigenvalue weighted by Gasteiger charge is -2.29. The van der Waals surface area contributed by atoms with E-state index < -0.39 is 12.1 Å². The van der Waals surface area contributed by atoms with Gasteiger partial charge in [0, 0.05) is 19.5 Å². The minimum atomic E-state index is -0.792. The molecule has 5 heteroatoms. The molecule has 104 valence electrons. The minimum absolute atomic E-state index is 0.0154. The summed E-state index contributed by atoms with van der Waals surface area (Å²) in [4.78, 5) is 24.7. The van der Waals surface area contributed by atoms with E-state index in [4.69, 9.17) is 5.11 Å². The number of aliphatic hydroxyl groups excluding tert-OH is 1. The molecule has 2 N–H and O–H groups in total. The number of carboxylic acids is 1. The van der Waals surface area contributed by atoms with Crippen LogP contribution in [0.1, 0.15) is 39.0 Å². The highest BCUT2D eigenvalue weighted by Crippen LogP contribution is 2.30. The van der Waals surface area contributed by atoms with Gasteiger partial charge in [-0.15, -0.1) is 0 Å². The van der Waals surface area contributed by atoms with Gasteiger partial charge < -0.3 is 15.1 Å². The van der Waals surface area contributed by atoms with Gasteiger partial charge in [0.1, 0.15) is 0 Å². The number of carbonyl (C=O) groups excluding carboxylic acids is 1. The van der Waals surface area contributed by atoms with Crippen LogP contribution in [0.2, 0.25) is 0 Å². The van der Waals surface area contributed by atoms with Crippen molar-refractivity contribution in [2.24, 2.45) is 11.8 Å². The molecule has 0 spiro atoms. The summed E-state index contributed by atoms with van der Waals surface area (Å²) >= 11 is 0. The van der Waals surface area contributed by atoms with Gasteiger partial charge in [-0.25, -0.2) is 0 Å². The third-order valence-electron chi connectivity index (χ3n) is 3.63. The largest absolute Gasteiger partial charge is 0.481 e. The second-order valence-electron chi connectivity index (χ2n) is 5.30. The molecule has 0 aromatic carbocycles. The Hall–Kier alpha value is -1.10. The molecule has 1 aliphatic rings. The molecule has 5 nitrogen and oxygen atoms in total. The monoisotopic (exact) mass is 257 g/mol. The number of hydrogen-bond acceptors (Lipinski definition) is 3. The summed E-state index contributed by atoms with van der Waals surface area (Å²) in [6, 6.07) is 0. The third-order valence-corrected chi connectivity index (χ3v) is 3.63. The van der Waals surface area contributed by atoms with Gasteiger partial charge in [-0.2, -0.15) is 0 Å². The van der Waals surface area contributed by atoms with Gasteiger partial charge in [-0.3, -0.25) is 9.59 Å². The maximum Gasteiger partial charge on any atom is 0.306 e. The number of rotatable bonds is 5. The lowest BCUT2D eigenvalue weighted by Crippen LogP contribution is -2.37. The van der Waals surface area contributed by atoms with Crippen molar-refractivity contribution in [1.29, 1.82) is 0 Å². The summed E-state index contributed by atoms with van der Waals surface area (Å²) in [7, 11) is 1.72. The summed E-state index contributed by atoms with van der Waals surface area (Å²) in [6.45, 7) is 2.21. The molecule has 1 fully saturated rings. The molecule has 0 aromatic rings. The second kappa shape index (κ2) is 6.73. The van der Waals surface area contributed by atoms with Gasteiger partial charge in [0.05, 0.1) is 12.0 Å². The highest BCUT2D eigenvalue weighted by Gasteiger charge is 2.32. The molecule has 0 aliphatic heterocycles. The van der Waals surface area contributed by atoms with E-state index in [1.54, 1.807) is 18.9 Å². The molecule has 1 aliphatic carbocycles. The zero-order valence-electron chi connectivity index (χ0n) is 11.1. The highest BCUT2D eigenvalue weighted by molar-refractivity contribution is 5.80. The van der Waals surface area contributed by atoms with Crippen molar-refractivity contribution < 1.29 is 19.8 Å². The van der Waals surface area contributed by atoms with Gasteiger partial charge in [-0.1, -0.05) is 6.42 Å². The Kier molecular flexibility index (Phi) is 5.59. The Labute approximate surface area is 108 Å². The minimum Gasteiger partial charge on any atom is -0.481 e. The van der Waals surface area contributed by atoms with Gasteiger partial charge in [0.25, 0.3) is 0 Å². The fraction of sp³-hybridized carbons (Fsp3) is 0.846. The number of nitrogens with zero attached hydrogens (tertiary/aromatic N) is 1.